The highest BCUT2D eigenvalue weighted by molar-refractivity contribution is 5.99. The number of piperidine rings is 1. The Labute approximate surface area is 197 Å². The van der Waals surface area contributed by atoms with Crippen LogP contribution in [0.5, 0.6) is 17.2 Å². The highest BCUT2D eigenvalue weighted by Crippen LogP contribution is 2.36. The Kier molecular flexibility index (Phi) is 6.01. The van der Waals surface area contributed by atoms with E-state index in [9.17, 15) is 9.90 Å². The minimum Gasteiger partial charge on any atom is -0.504 e. The summed E-state index contributed by atoms with van der Waals surface area (Å²) < 4.78 is 5.74. The van der Waals surface area contributed by atoms with Crippen molar-refractivity contribution >= 4 is 11.6 Å². The highest BCUT2D eigenvalue weighted by atomic mass is 16.5. The predicted molar refractivity (Wildman–Crippen MR) is 131 cm³/mol. The molecule has 0 aliphatic carbocycles. The van der Waals surface area contributed by atoms with E-state index in [1.807, 2.05) is 30.5 Å². The van der Waals surface area contributed by atoms with Crippen LogP contribution in [-0.2, 0) is 10.2 Å². The van der Waals surface area contributed by atoms with Gasteiger partial charge in [0.2, 0.25) is 5.91 Å². The second kappa shape index (κ2) is 9.41. The van der Waals surface area contributed by atoms with Crippen LogP contribution in [0.1, 0.15) is 18.4 Å². The standard InChI is InChI=1S/C27H26N4O3/c32-24-3-1-2-4-25(24)34-23-11-9-22(10-12-23)31-26(33)27(13-15-28-16-14-27)21-7-5-19(6-8-21)20-17-29-30-18-20/h1-12,17-18,28,32H,13-16H2,(H,29,30)(H,31,33). The summed E-state index contributed by atoms with van der Waals surface area (Å²) in [5.74, 6) is 1.02. The molecule has 34 heavy (non-hydrogen) atoms. The molecule has 5 rings (SSSR count). The molecule has 4 N–H and O–H groups in total. The van der Waals surface area contributed by atoms with Gasteiger partial charge in [-0.3, -0.25) is 9.89 Å². The molecule has 1 aromatic heterocycles. The van der Waals surface area contributed by atoms with Crippen LogP contribution >= 0.6 is 0 Å². The number of aromatic nitrogens is 2. The van der Waals surface area contributed by atoms with Crippen molar-refractivity contribution in [3.05, 3.63) is 90.8 Å². The van der Waals surface area contributed by atoms with Gasteiger partial charge in [-0.15, -0.1) is 0 Å². The van der Waals surface area contributed by atoms with Crippen LogP contribution in [0.15, 0.2) is 85.2 Å². The number of anilines is 1. The van der Waals surface area contributed by atoms with Gasteiger partial charge < -0.3 is 20.5 Å². The van der Waals surface area contributed by atoms with E-state index in [0.29, 0.717) is 17.2 Å². The summed E-state index contributed by atoms with van der Waals surface area (Å²) in [5, 5.41) is 23.2. The average molecular weight is 455 g/mol. The number of amides is 1. The number of phenolic OH excluding ortho intramolecular Hbond substituents is 1. The van der Waals surface area contributed by atoms with Crippen LogP contribution in [-0.4, -0.2) is 34.3 Å². The molecule has 7 nitrogen and oxygen atoms in total. The van der Waals surface area contributed by atoms with Crippen molar-refractivity contribution < 1.29 is 14.6 Å². The van der Waals surface area contributed by atoms with Gasteiger partial charge in [0, 0.05) is 17.4 Å². The van der Waals surface area contributed by atoms with E-state index in [1.165, 1.54) is 0 Å². The molecule has 0 atom stereocenters. The van der Waals surface area contributed by atoms with Crippen molar-refractivity contribution in [3.63, 3.8) is 0 Å². The fourth-order valence-electron chi connectivity index (χ4n) is 4.42. The van der Waals surface area contributed by atoms with Gasteiger partial charge in [-0.25, -0.2) is 0 Å². The van der Waals surface area contributed by atoms with Gasteiger partial charge in [-0.05, 0) is 73.5 Å². The molecule has 1 fully saturated rings. The Balaban J connectivity index is 1.34. The minimum absolute atomic E-state index is 0.0144. The lowest BCUT2D eigenvalue weighted by molar-refractivity contribution is -0.122. The summed E-state index contributed by atoms with van der Waals surface area (Å²) in [6, 6.07) is 22.2. The molecular weight excluding hydrogens is 428 g/mol. The largest absolute Gasteiger partial charge is 0.504 e. The first kappa shape index (κ1) is 21.7. The summed E-state index contributed by atoms with van der Waals surface area (Å²) in [6.07, 6.45) is 5.08. The number of aromatic hydroxyl groups is 1. The third-order valence-corrected chi connectivity index (χ3v) is 6.37. The number of benzene rings is 3. The molecule has 0 radical (unpaired) electrons. The molecule has 2 heterocycles. The quantitative estimate of drug-likeness (QED) is 0.334. The summed E-state index contributed by atoms with van der Waals surface area (Å²) in [5.41, 5.74) is 3.18. The molecule has 1 amide bonds. The highest BCUT2D eigenvalue weighted by Gasteiger charge is 2.41. The number of carbonyl (C=O) groups excluding carboxylic acids is 1. The van der Waals surface area contributed by atoms with Crippen molar-refractivity contribution in [2.45, 2.75) is 18.3 Å². The number of nitrogens with one attached hydrogen (secondary N) is 3. The first-order valence-corrected chi connectivity index (χ1v) is 11.3. The van der Waals surface area contributed by atoms with Crippen LogP contribution < -0.4 is 15.4 Å². The Morgan fingerprint density at radius 2 is 1.68 bits per heavy atom. The molecule has 3 aromatic carbocycles. The van der Waals surface area contributed by atoms with Gasteiger partial charge in [0.15, 0.2) is 11.5 Å². The average Bonchev–Trinajstić information content (AvgIpc) is 3.42. The van der Waals surface area contributed by atoms with E-state index >= 15 is 0 Å². The first-order valence-electron chi connectivity index (χ1n) is 11.3. The van der Waals surface area contributed by atoms with Crippen molar-refractivity contribution in [1.82, 2.24) is 15.5 Å². The Bertz CT molecular complexity index is 1250. The minimum atomic E-state index is -0.606. The molecule has 172 valence electrons. The maximum Gasteiger partial charge on any atom is 0.235 e. The van der Waals surface area contributed by atoms with E-state index in [2.05, 4.69) is 33.0 Å². The smallest absolute Gasteiger partial charge is 0.235 e. The molecule has 0 spiro atoms. The van der Waals surface area contributed by atoms with Gasteiger partial charge >= 0.3 is 0 Å². The number of hydrogen-bond acceptors (Lipinski definition) is 5. The third-order valence-electron chi connectivity index (χ3n) is 6.37. The van der Waals surface area contributed by atoms with Crippen LogP contribution in [0.25, 0.3) is 11.1 Å². The number of para-hydroxylation sites is 2. The molecule has 0 unspecified atom stereocenters. The molecule has 1 aliphatic rings. The van der Waals surface area contributed by atoms with Gasteiger partial charge in [-0.2, -0.15) is 5.10 Å². The van der Waals surface area contributed by atoms with Crippen molar-refractivity contribution in [2.24, 2.45) is 0 Å². The van der Waals surface area contributed by atoms with Gasteiger partial charge in [0.1, 0.15) is 5.75 Å². The van der Waals surface area contributed by atoms with Gasteiger partial charge in [0.05, 0.1) is 11.6 Å². The molecule has 7 heteroatoms. The number of hydrogen-bond donors (Lipinski definition) is 4. The lowest BCUT2D eigenvalue weighted by Gasteiger charge is -2.37. The summed E-state index contributed by atoms with van der Waals surface area (Å²) in [6.45, 7) is 1.56. The zero-order chi connectivity index (χ0) is 23.4. The van der Waals surface area contributed by atoms with Crippen LogP contribution in [0, 0.1) is 0 Å². The molecular formula is C27H26N4O3. The van der Waals surface area contributed by atoms with E-state index in [-0.39, 0.29) is 11.7 Å². The molecule has 1 aliphatic heterocycles. The fourth-order valence-corrected chi connectivity index (χ4v) is 4.42. The maximum atomic E-state index is 13.6. The van der Waals surface area contributed by atoms with E-state index < -0.39 is 5.41 Å². The predicted octanol–water partition coefficient (Wildman–Crippen LogP) is 4.83. The fraction of sp³-hybridized carbons (Fsp3) is 0.185. The topological polar surface area (TPSA) is 99.3 Å². The lowest BCUT2D eigenvalue weighted by atomic mass is 9.72. The van der Waals surface area contributed by atoms with Crippen molar-refractivity contribution in [1.29, 1.82) is 0 Å². The molecule has 1 saturated heterocycles. The Morgan fingerprint density at radius 1 is 0.941 bits per heavy atom. The number of ether oxygens (including phenoxy) is 1. The normalized spacial score (nSPS) is 14.9. The molecule has 4 aromatic rings. The van der Waals surface area contributed by atoms with E-state index in [0.717, 1.165) is 42.6 Å². The number of rotatable bonds is 6. The Morgan fingerprint density at radius 3 is 2.35 bits per heavy atom. The summed E-state index contributed by atoms with van der Waals surface area (Å²) in [4.78, 5) is 13.6. The SMILES string of the molecule is O=C(Nc1ccc(Oc2ccccc2O)cc1)C1(c2ccc(-c3cn[nH]c3)cc2)CCNCC1. The molecule has 0 saturated carbocycles. The summed E-state index contributed by atoms with van der Waals surface area (Å²) >= 11 is 0. The van der Waals surface area contributed by atoms with Gasteiger partial charge in [0.25, 0.3) is 0 Å². The summed E-state index contributed by atoms with van der Waals surface area (Å²) in [7, 11) is 0. The van der Waals surface area contributed by atoms with E-state index in [1.54, 1.807) is 42.6 Å². The second-order valence-corrected chi connectivity index (χ2v) is 8.44. The molecule has 0 bridgehead atoms. The number of carbonyl (C=O) groups is 1. The second-order valence-electron chi connectivity index (χ2n) is 8.44. The van der Waals surface area contributed by atoms with Crippen molar-refractivity contribution in [3.8, 4) is 28.4 Å². The maximum absolute atomic E-state index is 13.6. The van der Waals surface area contributed by atoms with Gasteiger partial charge in [-0.1, -0.05) is 36.4 Å². The van der Waals surface area contributed by atoms with Crippen LogP contribution in [0.4, 0.5) is 5.69 Å². The zero-order valence-electron chi connectivity index (χ0n) is 18.6. The lowest BCUT2D eigenvalue weighted by Crippen LogP contribution is -2.48. The number of nitrogens with zero attached hydrogens (tertiary/aromatic N) is 1. The third kappa shape index (κ3) is 4.38. The Hall–Kier alpha value is -4.10. The number of phenols is 1. The van der Waals surface area contributed by atoms with Crippen LogP contribution in [0.3, 0.4) is 0 Å². The van der Waals surface area contributed by atoms with Crippen molar-refractivity contribution in [2.75, 3.05) is 18.4 Å². The number of aromatic amines is 1. The first-order chi connectivity index (χ1) is 16.6. The van der Waals surface area contributed by atoms with E-state index in [4.69, 9.17) is 4.74 Å². The number of H-pyrrole nitrogens is 1. The zero-order valence-corrected chi connectivity index (χ0v) is 18.6. The van der Waals surface area contributed by atoms with Crippen LogP contribution in [0.2, 0.25) is 0 Å². The monoisotopic (exact) mass is 454 g/mol.